The number of allylic oxidation sites excluding steroid dienone is 4. The Kier molecular flexibility index (Phi) is 1.78. The third kappa shape index (κ3) is 1.40. The molecule has 0 saturated heterocycles. The third-order valence-electron chi connectivity index (χ3n) is 2.35. The number of hydrogen-bond acceptors (Lipinski definition) is 2. The van der Waals surface area contributed by atoms with Gasteiger partial charge in [0.15, 0.2) is 5.76 Å². The molecule has 3 rings (SSSR count). The molecule has 0 N–H and O–H groups in total. The maximum Gasteiger partial charge on any atom is 0.152 e. The van der Waals surface area contributed by atoms with Crippen LogP contribution >= 0.6 is 0 Å². The molecule has 0 radical (unpaired) electrons. The number of rotatable bonds is 0. The normalized spacial score (nSPS) is 21.6. The van der Waals surface area contributed by atoms with Crippen molar-refractivity contribution < 1.29 is 4.74 Å². The standard InChI is InChI=1S/C13H9NO/c1-2-6-11-10(5-1)9-12(14-11)13-7-3-4-8-15-13/h1-9H/b13-12-. The maximum absolute atomic E-state index is 5.38. The van der Waals surface area contributed by atoms with Crippen LogP contribution in [0.15, 0.2) is 65.2 Å². The SMILES string of the molecule is C1=CO/C(=C2/C=c3ccccc3=N2)C=C1. The lowest BCUT2D eigenvalue weighted by Gasteiger charge is -2.04. The van der Waals surface area contributed by atoms with Crippen LogP contribution in [-0.2, 0) is 4.74 Å². The van der Waals surface area contributed by atoms with E-state index in [2.05, 4.69) is 11.1 Å². The highest BCUT2D eigenvalue weighted by molar-refractivity contribution is 5.53. The molecule has 0 fully saturated rings. The maximum atomic E-state index is 5.38. The lowest BCUT2D eigenvalue weighted by atomic mass is 10.2. The first kappa shape index (κ1) is 8.24. The number of para-hydroxylation sites is 1. The molecule has 0 aromatic heterocycles. The van der Waals surface area contributed by atoms with E-state index in [9.17, 15) is 0 Å². The Labute approximate surface area is 87.2 Å². The summed E-state index contributed by atoms with van der Waals surface area (Å²) in [5.41, 5.74) is 0.886. The number of benzene rings is 1. The number of ether oxygens (including phenoxy) is 1. The summed E-state index contributed by atoms with van der Waals surface area (Å²) in [7, 11) is 0. The van der Waals surface area contributed by atoms with Gasteiger partial charge in [0.2, 0.25) is 0 Å². The second-order valence-corrected chi connectivity index (χ2v) is 3.37. The van der Waals surface area contributed by atoms with E-state index in [4.69, 9.17) is 4.74 Å². The molecule has 15 heavy (non-hydrogen) atoms. The average molecular weight is 195 g/mol. The molecule has 0 aliphatic carbocycles. The molecule has 2 heterocycles. The van der Waals surface area contributed by atoms with E-state index in [0.29, 0.717) is 0 Å². The van der Waals surface area contributed by atoms with Crippen molar-refractivity contribution >= 4 is 6.08 Å². The van der Waals surface area contributed by atoms with Gasteiger partial charge in [-0.25, -0.2) is 4.99 Å². The van der Waals surface area contributed by atoms with Crippen molar-refractivity contribution in [3.05, 3.63) is 70.8 Å². The second-order valence-electron chi connectivity index (χ2n) is 3.37. The Morgan fingerprint density at radius 3 is 2.80 bits per heavy atom. The Balaban J connectivity index is 2.18. The first-order valence-electron chi connectivity index (χ1n) is 4.83. The van der Waals surface area contributed by atoms with Gasteiger partial charge >= 0.3 is 0 Å². The minimum absolute atomic E-state index is 0.800. The van der Waals surface area contributed by atoms with Crippen molar-refractivity contribution in [3.63, 3.8) is 0 Å². The minimum Gasteiger partial charge on any atom is -0.463 e. The molecule has 0 bridgehead atoms. The van der Waals surface area contributed by atoms with Crippen LogP contribution in [0.2, 0.25) is 0 Å². The molecule has 0 unspecified atom stereocenters. The topological polar surface area (TPSA) is 21.6 Å². The van der Waals surface area contributed by atoms with E-state index >= 15 is 0 Å². The Bertz CT molecular complexity index is 569. The highest BCUT2D eigenvalue weighted by atomic mass is 16.5. The van der Waals surface area contributed by atoms with Gasteiger partial charge in [-0.05, 0) is 24.3 Å². The van der Waals surface area contributed by atoms with Crippen molar-refractivity contribution in [1.82, 2.24) is 0 Å². The van der Waals surface area contributed by atoms with Crippen molar-refractivity contribution in [2.45, 2.75) is 0 Å². The summed E-state index contributed by atoms with van der Waals surface area (Å²) in [6.07, 6.45) is 9.41. The van der Waals surface area contributed by atoms with E-state index in [1.165, 1.54) is 0 Å². The van der Waals surface area contributed by atoms with Crippen molar-refractivity contribution in [2.75, 3.05) is 0 Å². The van der Waals surface area contributed by atoms with Gasteiger partial charge in [-0.2, -0.15) is 0 Å². The molecule has 0 atom stereocenters. The van der Waals surface area contributed by atoms with Gasteiger partial charge in [0.25, 0.3) is 0 Å². The summed E-state index contributed by atoms with van der Waals surface area (Å²) in [5.74, 6) is 0.800. The van der Waals surface area contributed by atoms with Gasteiger partial charge in [0, 0.05) is 5.22 Å². The summed E-state index contributed by atoms with van der Waals surface area (Å²) in [5, 5.41) is 2.15. The molecule has 2 aliphatic rings. The molecular formula is C13H9NO. The molecular weight excluding hydrogens is 186 g/mol. The van der Waals surface area contributed by atoms with Crippen molar-refractivity contribution in [1.29, 1.82) is 0 Å². The number of fused-ring (bicyclic) bond motifs is 1. The highest BCUT2D eigenvalue weighted by Crippen LogP contribution is 2.15. The largest absolute Gasteiger partial charge is 0.463 e. The number of hydrogen-bond donors (Lipinski definition) is 0. The quantitative estimate of drug-likeness (QED) is 0.613. The monoisotopic (exact) mass is 195 g/mol. The lowest BCUT2D eigenvalue weighted by Crippen LogP contribution is -2.19. The Morgan fingerprint density at radius 2 is 2.00 bits per heavy atom. The zero-order chi connectivity index (χ0) is 10.1. The van der Waals surface area contributed by atoms with Crippen molar-refractivity contribution in [2.24, 2.45) is 4.99 Å². The van der Waals surface area contributed by atoms with Crippen LogP contribution in [-0.4, -0.2) is 0 Å². The predicted octanol–water partition coefficient (Wildman–Crippen LogP) is 1.41. The van der Waals surface area contributed by atoms with E-state index in [-0.39, 0.29) is 0 Å². The summed E-state index contributed by atoms with van der Waals surface area (Å²) in [6, 6.07) is 8.05. The van der Waals surface area contributed by atoms with E-state index in [1.807, 2.05) is 42.5 Å². The molecule has 1 aromatic carbocycles. The smallest absolute Gasteiger partial charge is 0.152 e. The molecule has 1 aromatic rings. The van der Waals surface area contributed by atoms with Crippen LogP contribution in [0, 0.1) is 0 Å². The van der Waals surface area contributed by atoms with Gasteiger partial charge in [-0.1, -0.05) is 24.3 Å². The summed E-state index contributed by atoms with van der Waals surface area (Å²) < 4.78 is 5.38. The fourth-order valence-electron chi connectivity index (χ4n) is 1.63. The zero-order valence-electron chi connectivity index (χ0n) is 8.05. The molecule has 72 valence electrons. The van der Waals surface area contributed by atoms with Gasteiger partial charge in [-0.15, -0.1) is 0 Å². The van der Waals surface area contributed by atoms with E-state index < -0.39 is 0 Å². The fourth-order valence-corrected chi connectivity index (χ4v) is 1.63. The van der Waals surface area contributed by atoms with Gasteiger partial charge in [-0.3, -0.25) is 0 Å². The van der Waals surface area contributed by atoms with Crippen LogP contribution in [0.25, 0.3) is 6.08 Å². The van der Waals surface area contributed by atoms with Crippen molar-refractivity contribution in [3.8, 4) is 0 Å². The molecule has 2 heteroatoms. The third-order valence-corrected chi connectivity index (χ3v) is 2.35. The van der Waals surface area contributed by atoms with E-state index in [0.717, 1.165) is 22.0 Å². The van der Waals surface area contributed by atoms with Crippen LogP contribution in [0.3, 0.4) is 0 Å². The van der Waals surface area contributed by atoms with E-state index in [1.54, 1.807) is 6.26 Å². The Morgan fingerprint density at radius 1 is 1.07 bits per heavy atom. The first-order chi connectivity index (χ1) is 7.43. The van der Waals surface area contributed by atoms with Gasteiger partial charge in [0.1, 0.15) is 5.70 Å². The highest BCUT2D eigenvalue weighted by Gasteiger charge is 2.07. The van der Waals surface area contributed by atoms with Gasteiger partial charge in [0.05, 0.1) is 11.6 Å². The zero-order valence-corrected chi connectivity index (χ0v) is 8.05. The van der Waals surface area contributed by atoms with Crippen LogP contribution in [0.5, 0.6) is 0 Å². The number of nitrogens with zero attached hydrogens (tertiary/aromatic N) is 1. The fraction of sp³-hybridized carbons (Fsp3) is 0. The molecule has 0 saturated carbocycles. The van der Waals surface area contributed by atoms with Gasteiger partial charge < -0.3 is 4.74 Å². The average Bonchev–Trinajstić information content (AvgIpc) is 2.74. The van der Waals surface area contributed by atoms with Crippen LogP contribution in [0.1, 0.15) is 0 Å². The lowest BCUT2D eigenvalue weighted by molar-refractivity contribution is 0.361. The molecule has 0 spiro atoms. The Hall–Kier alpha value is -2.09. The summed E-state index contributed by atoms with van der Waals surface area (Å²) in [6.45, 7) is 0. The second kappa shape index (κ2) is 3.24. The van der Waals surface area contributed by atoms with Crippen LogP contribution in [0.4, 0.5) is 0 Å². The predicted molar refractivity (Wildman–Crippen MR) is 58.1 cm³/mol. The van der Waals surface area contributed by atoms with Crippen LogP contribution < -0.4 is 10.6 Å². The minimum atomic E-state index is 0.800. The summed E-state index contributed by atoms with van der Waals surface area (Å²) in [4.78, 5) is 4.49. The summed E-state index contributed by atoms with van der Waals surface area (Å²) >= 11 is 0. The molecule has 0 amide bonds. The first-order valence-corrected chi connectivity index (χ1v) is 4.83. The molecule has 2 aliphatic heterocycles. The molecule has 2 nitrogen and oxygen atoms in total.